The van der Waals surface area contributed by atoms with Crippen LogP contribution in [0.3, 0.4) is 0 Å². The second-order valence-corrected chi connectivity index (χ2v) is 3.22. The molecule has 2 N–H and O–H groups in total. The second-order valence-electron chi connectivity index (χ2n) is 2.48. The molecule has 0 aliphatic carbocycles. The monoisotopic (exact) mass is 166 g/mol. The van der Waals surface area contributed by atoms with Crippen molar-refractivity contribution < 1.29 is 0 Å². The standard InChI is InChI=1S/C8H10N2S/c1-6-4-11-5-7(6)8(10)2-3-9/h4-5,8H,2,10H2,1H3/t8-/m1/s1. The fourth-order valence-electron chi connectivity index (χ4n) is 0.959. The van der Waals surface area contributed by atoms with E-state index in [9.17, 15) is 0 Å². The summed E-state index contributed by atoms with van der Waals surface area (Å²) < 4.78 is 0. The minimum Gasteiger partial charge on any atom is -0.323 e. The minimum absolute atomic E-state index is 0.105. The Balaban J connectivity index is 2.77. The Morgan fingerprint density at radius 3 is 2.91 bits per heavy atom. The normalized spacial score (nSPS) is 12.5. The van der Waals surface area contributed by atoms with Crippen LogP contribution in [0.15, 0.2) is 10.8 Å². The number of thiophene rings is 1. The molecule has 0 bridgehead atoms. The number of rotatable bonds is 2. The van der Waals surface area contributed by atoms with Gasteiger partial charge in [-0.05, 0) is 28.8 Å². The predicted octanol–water partition coefficient (Wildman–Crippen LogP) is 1.97. The first kappa shape index (κ1) is 8.25. The molecule has 0 radical (unpaired) electrons. The first-order valence-electron chi connectivity index (χ1n) is 3.41. The van der Waals surface area contributed by atoms with Gasteiger partial charge in [0, 0.05) is 6.04 Å². The second kappa shape index (κ2) is 3.51. The Bertz CT molecular complexity index is 272. The van der Waals surface area contributed by atoms with Crippen molar-refractivity contribution >= 4 is 11.3 Å². The molecule has 0 fully saturated rings. The van der Waals surface area contributed by atoms with Gasteiger partial charge in [-0.2, -0.15) is 16.6 Å². The summed E-state index contributed by atoms with van der Waals surface area (Å²) in [6.07, 6.45) is 0.400. The summed E-state index contributed by atoms with van der Waals surface area (Å²) in [6.45, 7) is 2.02. The highest BCUT2D eigenvalue weighted by Gasteiger charge is 2.08. The van der Waals surface area contributed by atoms with Crippen molar-refractivity contribution in [2.75, 3.05) is 0 Å². The van der Waals surface area contributed by atoms with Crippen molar-refractivity contribution in [3.05, 3.63) is 21.9 Å². The third-order valence-corrected chi connectivity index (χ3v) is 2.49. The largest absolute Gasteiger partial charge is 0.323 e. The summed E-state index contributed by atoms with van der Waals surface area (Å²) in [5.74, 6) is 0. The van der Waals surface area contributed by atoms with Gasteiger partial charge in [-0.15, -0.1) is 0 Å². The SMILES string of the molecule is Cc1cscc1[C@H](N)CC#N. The van der Waals surface area contributed by atoms with Crippen LogP contribution in [0.1, 0.15) is 23.6 Å². The highest BCUT2D eigenvalue weighted by atomic mass is 32.1. The fraction of sp³-hybridized carbons (Fsp3) is 0.375. The van der Waals surface area contributed by atoms with Crippen molar-refractivity contribution in [1.29, 1.82) is 5.26 Å². The van der Waals surface area contributed by atoms with E-state index in [1.807, 2.05) is 17.7 Å². The highest BCUT2D eigenvalue weighted by molar-refractivity contribution is 7.08. The van der Waals surface area contributed by atoms with Gasteiger partial charge in [0.1, 0.15) is 0 Å². The summed E-state index contributed by atoms with van der Waals surface area (Å²) in [6, 6.07) is 1.96. The summed E-state index contributed by atoms with van der Waals surface area (Å²) in [7, 11) is 0. The molecule has 0 spiro atoms. The van der Waals surface area contributed by atoms with Gasteiger partial charge in [-0.25, -0.2) is 0 Å². The molecule has 1 atom stereocenters. The maximum absolute atomic E-state index is 8.40. The van der Waals surface area contributed by atoms with Gasteiger partial charge < -0.3 is 5.73 Å². The third-order valence-electron chi connectivity index (χ3n) is 1.61. The van der Waals surface area contributed by atoms with Crippen LogP contribution in [0.4, 0.5) is 0 Å². The molecule has 11 heavy (non-hydrogen) atoms. The Kier molecular flexibility index (Phi) is 2.64. The van der Waals surface area contributed by atoms with Crippen LogP contribution in [0, 0.1) is 18.3 Å². The Hall–Kier alpha value is -0.850. The van der Waals surface area contributed by atoms with Crippen LogP contribution in [-0.4, -0.2) is 0 Å². The van der Waals surface area contributed by atoms with Crippen molar-refractivity contribution in [3.8, 4) is 6.07 Å². The molecular formula is C8H10N2S. The average Bonchev–Trinajstić information content (AvgIpc) is 2.36. The third kappa shape index (κ3) is 1.79. The predicted molar refractivity (Wildman–Crippen MR) is 46.2 cm³/mol. The van der Waals surface area contributed by atoms with E-state index in [1.54, 1.807) is 11.3 Å². The smallest absolute Gasteiger partial charge is 0.0641 e. The summed E-state index contributed by atoms with van der Waals surface area (Å²) in [4.78, 5) is 0. The number of nitrogens with two attached hydrogens (primary N) is 1. The molecule has 2 nitrogen and oxygen atoms in total. The lowest BCUT2D eigenvalue weighted by Crippen LogP contribution is -2.09. The average molecular weight is 166 g/mol. The Labute approximate surface area is 70.3 Å². The first-order valence-corrected chi connectivity index (χ1v) is 4.35. The van der Waals surface area contributed by atoms with Gasteiger partial charge in [0.05, 0.1) is 12.5 Å². The van der Waals surface area contributed by atoms with E-state index in [4.69, 9.17) is 11.0 Å². The molecule has 1 heterocycles. The van der Waals surface area contributed by atoms with Gasteiger partial charge in [-0.3, -0.25) is 0 Å². The van der Waals surface area contributed by atoms with E-state index in [0.29, 0.717) is 6.42 Å². The van der Waals surface area contributed by atoms with Crippen molar-refractivity contribution in [3.63, 3.8) is 0 Å². The number of nitrogens with zero attached hydrogens (tertiary/aromatic N) is 1. The summed E-state index contributed by atoms with van der Waals surface area (Å²) in [5.41, 5.74) is 8.04. The lowest BCUT2D eigenvalue weighted by atomic mass is 10.1. The fourth-order valence-corrected chi connectivity index (χ4v) is 1.87. The zero-order valence-corrected chi connectivity index (χ0v) is 7.19. The van der Waals surface area contributed by atoms with E-state index in [1.165, 1.54) is 5.56 Å². The molecule has 0 saturated heterocycles. The number of aryl methyl sites for hydroxylation is 1. The lowest BCUT2D eigenvalue weighted by Gasteiger charge is -2.05. The number of hydrogen-bond acceptors (Lipinski definition) is 3. The van der Waals surface area contributed by atoms with Crippen LogP contribution < -0.4 is 5.73 Å². The van der Waals surface area contributed by atoms with Crippen molar-refractivity contribution in [1.82, 2.24) is 0 Å². The van der Waals surface area contributed by atoms with Gasteiger partial charge in [0.25, 0.3) is 0 Å². The Morgan fingerprint density at radius 1 is 1.73 bits per heavy atom. The van der Waals surface area contributed by atoms with Gasteiger partial charge in [0.2, 0.25) is 0 Å². The number of nitriles is 1. The molecule has 0 aliphatic rings. The molecule has 0 aromatic carbocycles. The van der Waals surface area contributed by atoms with Crippen LogP contribution in [0.5, 0.6) is 0 Å². The van der Waals surface area contributed by atoms with E-state index in [0.717, 1.165) is 5.56 Å². The summed E-state index contributed by atoms with van der Waals surface area (Å²) in [5, 5.41) is 12.5. The molecule has 58 valence electrons. The lowest BCUT2D eigenvalue weighted by molar-refractivity contribution is 0.746. The zero-order chi connectivity index (χ0) is 8.27. The topological polar surface area (TPSA) is 49.8 Å². The molecule has 0 unspecified atom stereocenters. The molecule has 0 aliphatic heterocycles. The Morgan fingerprint density at radius 2 is 2.45 bits per heavy atom. The molecule has 1 aromatic heterocycles. The van der Waals surface area contributed by atoms with Crippen LogP contribution in [-0.2, 0) is 0 Å². The van der Waals surface area contributed by atoms with E-state index >= 15 is 0 Å². The van der Waals surface area contributed by atoms with Crippen LogP contribution in [0.25, 0.3) is 0 Å². The van der Waals surface area contributed by atoms with E-state index in [-0.39, 0.29) is 6.04 Å². The highest BCUT2D eigenvalue weighted by Crippen LogP contribution is 2.21. The van der Waals surface area contributed by atoms with Gasteiger partial charge in [-0.1, -0.05) is 0 Å². The minimum atomic E-state index is -0.105. The van der Waals surface area contributed by atoms with E-state index < -0.39 is 0 Å². The van der Waals surface area contributed by atoms with Gasteiger partial charge >= 0.3 is 0 Å². The maximum atomic E-state index is 8.40. The molecular weight excluding hydrogens is 156 g/mol. The van der Waals surface area contributed by atoms with Crippen molar-refractivity contribution in [2.24, 2.45) is 5.73 Å². The molecule has 1 rings (SSSR count). The zero-order valence-electron chi connectivity index (χ0n) is 6.37. The molecule has 3 heteroatoms. The van der Waals surface area contributed by atoms with Crippen molar-refractivity contribution in [2.45, 2.75) is 19.4 Å². The summed E-state index contributed by atoms with van der Waals surface area (Å²) >= 11 is 1.63. The van der Waals surface area contributed by atoms with Crippen LogP contribution in [0.2, 0.25) is 0 Å². The molecule has 0 saturated carbocycles. The van der Waals surface area contributed by atoms with Gasteiger partial charge in [0.15, 0.2) is 0 Å². The number of hydrogen-bond donors (Lipinski definition) is 1. The quantitative estimate of drug-likeness (QED) is 0.730. The molecule has 0 amide bonds. The van der Waals surface area contributed by atoms with E-state index in [2.05, 4.69) is 6.07 Å². The maximum Gasteiger partial charge on any atom is 0.0641 e. The molecule has 1 aromatic rings. The van der Waals surface area contributed by atoms with Crippen LogP contribution >= 0.6 is 11.3 Å². The first-order chi connectivity index (χ1) is 5.25.